The van der Waals surface area contributed by atoms with E-state index in [4.69, 9.17) is 4.74 Å². The molecule has 78 valence electrons. The van der Waals surface area contributed by atoms with Crippen LogP contribution in [-0.4, -0.2) is 5.97 Å². The van der Waals surface area contributed by atoms with Crippen LogP contribution in [0, 0.1) is 17.3 Å². The summed E-state index contributed by atoms with van der Waals surface area (Å²) in [5, 5.41) is 0. The molecule has 0 aromatic heterocycles. The highest BCUT2D eigenvalue weighted by Gasteiger charge is 2.42. The molecule has 0 radical (unpaired) electrons. The Labute approximate surface area is 85.3 Å². The SMILES string of the molecule is CC(=O)OC1=C[C@@]2(C)CC[C@@H](C2)[C@H]1C. The third kappa shape index (κ3) is 1.58. The maximum absolute atomic E-state index is 10.9. The van der Waals surface area contributed by atoms with Gasteiger partial charge in [-0.1, -0.05) is 13.8 Å². The van der Waals surface area contributed by atoms with E-state index in [9.17, 15) is 4.79 Å². The lowest BCUT2D eigenvalue weighted by atomic mass is 9.77. The van der Waals surface area contributed by atoms with Crippen LogP contribution in [-0.2, 0) is 9.53 Å². The molecular weight excluding hydrogens is 176 g/mol. The van der Waals surface area contributed by atoms with Gasteiger partial charge in [-0.15, -0.1) is 0 Å². The molecular formula is C12H18O2. The van der Waals surface area contributed by atoms with Crippen LogP contribution in [0.4, 0.5) is 0 Å². The van der Waals surface area contributed by atoms with Crippen LogP contribution >= 0.6 is 0 Å². The van der Waals surface area contributed by atoms with Crippen molar-refractivity contribution in [3.63, 3.8) is 0 Å². The first kappa shape index (κ1) is 9.75. The van der Waals surface area contributed by atoms with Crippen molar-refractivity contribution in [1.82, 2.24) is 0 Å². The van der Waals surface area contributed by atoms with Crippen LogP contribution in [0.2, 0.25) is 0 Å². The van der Waals surface area contributed by atoms with Gasteiger partial charge in [0.25, 0.3) is 0 Å². The highest BCUT2D eigenvalue weighted by atomic mass is 16.5. The summed E-state index contributed by atoms with van der Waals surface area (Å²) in [6, 6.07) is 0. The number of esters is 1. The second-order valence-corrected chi connectivity index (χ2v) is 5.09. The Balaban J connectivity index is 2.23. The summed E-state index contributed by atoms with van der Waals surface area (Å²) >= 11 is 0. The first-order valence-corrected chi connectivity index (χ1v) is 5.41. The zero-order chi connectivity index (χ0) is 10.3. The lowest BCUT2D eigenvalue weighted by Gasteiger charge is -2.31. The lowest BCUT2D eigenvalue weighted by Crippen LogP contribution is -2.23. The van der Waals surface area contributed by atoms with Crippen molar-refractivity contribution >= 4 is 5.97 Å². The summed E-state index contributed by atoms with van der Waals surface area (Å²) in [7, 11) is 0. The zero-order valence-corrected chi connectivity index (χ0v) is 9.17. The minimum Gasteiger partial charge on any atom is -0.431 e. The largest absolute Gasteiger partial charge is 0.431 e. The molecule has 1 saturated carbocycles. The monoisotopic (exact) mass is 194 g/mol. The second kappa shape index (κ2) is 3.11. The predicted octanol–water partition coefficient (Wildman–Crippen LogP) is 2.89. The van der Waals surface area contributed by atoms with Gasteiger partial charge in [-0.3, -0.25) is 4.79 Å². The lowest BCUT2D eigenvalue weighted by molar-refractivity contribution is -0.138. The molecule has 0 N–H and O–H groups in total. The number of rotatable bonds is 1. The van der Waals surface area contributed by atoms with Crippen LogP contribution in [0.25, 0.3) is 0 Å². The van der Waals surface area contributed by atoms with Gasteiger partial charge in [0.1, 0.15) is 5.76 Å². The van der Waals surface area contributed by atoms with Crippen LogP contribution in [0.5, 0.6) is 0 Å². The Bertz CT molecular complexity index is 293. The highest BCUT2D eigenvalue weighted by Crippen LogP contribution is 2.52. The molecule has 1 fully saturated rings. The Morgan fingerprint density at radius 2 is 2.36 bits per heavy atom. The van der Waals surface area contributed by atoms with Gasteiger partial charge in [0, 0.05) is 12.8 Å². The summed E-state index contributed by atoms with van der Waals surface area (Å²) in [6.07, 6.45) is 5.97. The minimum absolute atomic E-state index is 0.187. The van der Waals surface area contributed by atoms with E-state index in [1.807, 2.05) is 0 Å². The normalized spacial score (nSPS) is 40.6. The van der Waals surface area contributed by atoms with E-state index in [2.05, 4.69) is 19.9 Å². The fourth-order valence-corrected chi connectivity index (χ4v) is 2.87. The van der Waals surface area contributed by atoms with E-state index in [0.717, 1.165) is 11.7 Å². The van der Waals surface area contributed by atoms with Gasteiger partial charge < -0.3 is 4.74 Å². The number of fused-ring (bicyclic) bond motifs is 2. The third-order valence-corrected chi connectivity index (χ3v) is 3.72. The van der Waals surface area contributed by atoms with E-state index >= 15 is 0 Å². The van der Waals surface area contributed by atoms with E-state index in [1.165, 1.54) is 26.2 Å². The van der Waals surface area contributed by atoms with Gasteiger partial charge >= 0.3 is 5.97 Å². The summed E-state index contributed by atoms with van der Waals surface area (Å²) in [6.45, 7) is 5.92. The number of carbonyl (C=O) groups excluding carboxylic acids is 1. The van der Waals surface area contributed by atoms with Gasteiger partial charge in [-0.25, -0.2) is 0 Å². The quantitative estimate of drug-likeness (QED) is 0.600. The molecule has 14 heavy (non-hydrogen) atoms. The molecule has 0 aromatic rings. The van der Waals surface area contributed by atoms with Gasteiger partial charge in [-0.2, -0.15) is 0 Å². The number of hydrogen-bond acceptors (Lipinski definition) is 2. The molecule has 0 aromatic carbocycles. The molecule has 2 aliphatic carbocycles. The third-order valence-electron chi connectivity index (χ3n) is 3.72. The molecule has 2 aliphatic rings. The topological polar surface area (TPSA) is 26.3 Å². The Morgan fingerprint density at radius 1 is 1.64 bits per heavy atom. The minimum atomic E-state index is -0.187. The average molecular weight is 194 g/mol. The first-order valence-electron chi connectivity index (χ1n) is 5.41. The van der Waals surface area contributed by atoms with Gasteiger partial charge in [0.2, 0.25) is 0 Å². The average Bonchev–Trinajstić information content (AvgIpc) is 2.40. The van der Waals surface area contributed by atoms with Crippen molar-refractivity contribution in [3.05, 3.63) is 11.8 Å². The Hall–Kier alpha value is -0.790. The fourth-order valence-electron chi connectivity index (χ4n) is 2.87. The molecule has 2 bridgehead atoms. The summed E-state index contributed by atoms with van der Waals surface area (Å²) in [5.74, 6) is 1.87. The number of hydrogen-bond donors (Lipinski definition) is 0. The van der Waals surface area contributed by atoms with Crippen molar-refractivity contribution in [2.75, 3.05) is 0 Å². The molecule has 0 aliphatic heterocycles. The highest BCUT2D eigenvalue weighted by molar-refractivity contribution is 5.67. The van der Waals surface area contributed by atoms with Crippen LogP contribution in [0.1, 0.15) is 40.0 Å². The summed E-state index contributed by atoms with van der Waals surface area (Å²) in [5.41, 5.74) is 0.294. The maximum atomic E-state index is 10.9. The molecule has 0 heterocycles. The number of allylic oxidation sites excluding steroid dienone is 2. The van der Waals surface area contributed by atoms with Gasteiger partial charge in [0.05, 0.1) is 0 Å². The first-order chi connectivity index (χ1) is 6.50. The van der Waals surface area contributed by atoms with Crippen LogP contribution < -0.4 is 0 Å². The van der Waals surface area contributed by atoms with Crippen LogP contribution in [0.3, 0.4) is 0 Å². The number of ether oxygens (including phenoxy) is 1. The molecule has 2 nitrogen and oxygen atoms in total. The molecule has 2 rings (SSSR count). The van der Waals surface area contributed by atoms with Crippen molar-refractivity contribution in [2.45, 2.75) is 40.0 Å². The summed E-state index contributed by atoms with van der Waals surface area (Å²) in [4.78, 5) is 10.9. The van der Waals surface area contributed by atoms with Crippen molar-refractivity contribution in [1.29, 1.82) is 0 Å². The number of carbonyl (C=O) groups is 1. The standard InChI is InChI=1S/C12H18O2/c1-8-10-4-5-12(3,6-10)7-11(8)14-9(2)13/h7-8,10H,4-6H2,1-3H3/t8-,10+,12+/m1/s1. The molecule has 0 unspecified atom stereocenters. The van der Waals surface area contributed by atoms with Crippen molar-refractivity contribution < 1.29 is 9.53 Å². The smallest absolute Gasteiger partial charge is 0.307 e. The Kier molecular flexibility index (Phi) is 2.17. The second-order valence-electron chi connectivity index (χ2n) is 5.09. The van der Waals surface area contributed by atoms with Gasteiger partial charge in [-0.05, 0) is 36.7 Å². The zero-order valence-electron chi connectivity index (χ0n) is 9.17. The van der Waals surface area contributed by atoms with Crippen molar-refractivity contribution in [3.8, 4) is 0 Å². The fraction of sp³-hybridized carbons (Fsp3) is 0.750. The molecule has 0 saturated heterocycles. The van der Waals surface area contributed by atoms with Gasteiger partial charge in [0.15, 0.2) is 0 Å². The van der Waals surface area contributed by atoms with E-state index in [-0.39, 0.29) is 5.97 Å². The van der Waals surface area contributed by atoms with E-state index in [0.29, 0.717) is 11.3 Å². The molecule has 2 heteroatoms. The van der Waals surface area contributed by atoms with E-state index in [1.54, 1.807) is 0 Å². The van der Waals surface area contributed by atoms with E-state index < -0.39 is 0 Å². The molecule has 3 atom stereocenters. The summed E-state index contributed by atoms with van der Waals surface area (Å²) < 4.78 is 5.27. The van der Waals surface area contributed by atoms with Crippen LogP contribution in [0.15, 0.2) is 11.8 Å². The Morgan fingerprint density at radius 3 is 3.00 bits per heavy atom. The molecule has 0 amide bonds. The van der Waals surface area contributed by atoms with Crippen molar-refractivity contribution in [2.24, 2.45) is 17.3 Å². The predicted molar refractivity (Wildman–Crippen MR) is 54.5 cm³/mol. The molecule has 0 spiro atoms. The maximum Gasteiger partial charge on any atom is 0.307 e.